The molecule has 7 heteroatoms. The van der Waals surface area contributed by atoms with Gasteiger partial charge in [-0.05, 0) is 44.0 Å². The first-order valence-electron chi connectivity index (χ1n) is 8.70. The zero-order valence-corrected chi connectivity index (χ0v) is 14.8. The smallest absolute Gasteiger partial charge is 0.251 e. The van der Waals surface area contributed by atoms with Crippen LogP contribution in [0.25, 0.3) is 0 Å². The molecular weight excluding hydrogens is 318 g/mol. The Morgan fingerprint density at radius 1 is 1.32 bits per heavy atom. The molecule has 1 aliphatic heterocycles. The highest BCUT2D eigenvalue weighted by Crippen LogP contribution is 2.17. The second-order valence-corrected chi connectivity index (χ2v) is 6.50. The van der Waals surface area contributed by atoms with Gasteiger partial charge in [-0.25, -0.2) is 0 Å². The zero-order chi connectivity index (χ0) is 17.8. The molecule has 1 aliphatic rings. The maximum absolute atomic E-state index is 12.5. The minimum atomic E-state index is -0.0456. The molecule has 134 valence electrons. The van der Waals surface area contributed by atoms with Gasteiger partial charge in [-0.15, -0.1) is 10.2 Å². The second-order valence-electron chi connectivity index (χ2n) is 6.50. The molecule has 0 bridgehead atoms. The maximum atomic E-state index is 12.5. The van der Waals surface area contributed by atoms with Crippen molar-refractivity contribution in [1.29, 1.82) is 0 Å². The van der Waals surface area contributed by atoms with Crippen LogP contribution in [-0.4, -0.2) is 52.0 Å². The molecule has 0 radical (unpaired) electrons. The fourth-order valence-corrected chi connectivity index (χ4v) is 3.19. The summed E-state index contributed by atoms with van der Waals surface area (Å²) in [4.78, 5) is 14.5. The minimum Gasteiger partial charge on any atom is -0.395 e. The summed E-state index contributed by atoms with van der Waals surface area (Å²) in [5, 5.41) is 20.5. The van der Waals surface area contributed by atoms with Gasteiger partial charge in [0.05, 0.1) is 6.61 Å². The predicted octanol–water partition coefficient (Wildman–Crippen LogP) is 1.15. The Bertz CT molecular complexity index is 726. The first-order valence-corrected chi connectivity index (χ1v) is 8.70. The van der Waals surface area contributed by atoms with Gasteiger partial charge < -0.3 is 19.9 Å². The summed E-state index contributed by atoms with van der Waals surface area (Å²) < 4.78 is 2.14. The number of fused-ring (bicyclic) bond motifs is 1. The predicted molar refractivity (Wildman–Crippen MR) is 95.7 cm³/mol. The molecule has 1 atom stereocenters. The van der Waals surface area contributed by atoms with E-state index in [1.165, 1.54) is 0 Å². The van der Waals surface area contributed by atoms with E-state index in [0.717, 1.165) is 43.1 Å². The molecule has 2 heterocycles. The molecule has 25 heavy (non-hydrogen) atoms. The van der Waals surface area contributed by atoms with Crippen LogP contribution in [0.15, 0.2) is 24.3 Å². The Hall–Kier alpha value is -2.41. The van der Waals surface area contributed by atoms with Gasteiger partial charge in [-0.2, -0.15) is 0 Å². The summed E-state index contributed by atoms with van der Waals surface area (Å²) in [6.07, 6.45) is 2.59. The Morgan fingerprint density at radius 2 is 2.08 bits per heavy atom. The van der Waals surface area contributed by atoms with E-state index in [9.17, 15) is 4.79 Å². The lowest BCUT2D eigenvalue weighted by Crippen LogP contribution is -2.35. The van der Waals surface area contributed by atoms with Gasteiger partial charge in [-0.1, -0.05) is 0 Å². The molecule has 1 amide bonds. The van der Waals surface area contributed by atoms with Crippen molar-refractivity contribution in [3.63, 3.8) is 0 Å². The van der Waals surface area contributed by atoms with E-state index in [4.69, 9.17) is 5.11 Å². The molecule has 0 aliphatic carbocycles. The normalized spacial score (nSPS) is 16.8. The van der Waals surface area contributed by atoms with E-state index in [-0.39, 0.29) is 18.6 Å². The average molecular weight is 343 g/mol. The van der Waals surface area contributed by atoms with Crippen molar-refractivity contribution >= 4 is 11.6 Å². The van der Waals surface area contributed by atoms with Crippen molar-refractivity contribution in [2.24, 2.45) is 0 Å². The van der Waals surface area contributed by atoms with E-state index in [2.05, 4.69) is 20.1 Å². The average Bonchev–Trinajstić information content (AvgIpc) is 2.84. The van der Waals surface area contributed by atoms with Gasteiger partial charge in [0.2, 0.25) is 0 Å². The van der Waals surface area contributed by atoms with Crippen LogP contribution in [0.4, 0.5) is 5.69 Å². The van der Waals surface area contributed by atoms with Crippen LogP contribution in [0.5, 0.6) is 0 Å². The summed E-state index contributed by atoms with van der Waals surface area (Å²) in [6, 6.07) is 7.61. The Morgan fingerprint density at radius 3 is 2.80 bits per heavy atom. The number of nitrogens with one attached hydrogen (secondary N) is 1. The van der Waals surface area contributed by atoms with Crippen LogP contribution in [0, 0.1) is 6.92 Å². The number of rotatable bonds is 5. The standard InChI is InChI=1S/C18H25N5O2/c1-13-20-21-17-8-5-15(9-10-23(13)17)19-18(25)14-3-6-16(7-4-14)22(2)11-12-24/h3-4,6-7,15,24H,5,8-12H2,1-2H3,(H,19,25). The molecule has 3 rings (SSSR count). The van der Waals surface area contributed by atoms with Crippen LogP contribution in [0.2, 0.25) is 0 Å². The van der Waals surface area contributed by atoms with Crippen molar-refractivity contribution in [1.82, 2.24) is 20.1 Å². The third-order valence-corrected chi connectivity index (χ3v) is 4.77. The van der Waals surface area contributed by atoms with Gasteiger partial charge in [0, 0.05) is 43.9 Å². The molecule has 2 N–H and O–H groups in total. The lowest BCUT2D eigenvalue weighted by atomic mass is 10.1. The molecule has 0 saturated carbocycles. The number of hydrogen-bond acceptors (Lipinski definition) is 5. The third kappa shape index (κ3) is 3.99. The molecule has 1 aromatic carbocycles. The number of carbonyl (C=O) groups excluding carboxylic acids is 1. The Labute approximate surface area is 147 Å². The molecule has 2 aromatic rings. The molecule has 7 nitrogen and oxygen atoms in total. The van der Waals surface area contributed by atoms with Crippen molar-refractivity contribution < 1.29 is 9.90 Å². The van der Waals surface area contributed by atoms with Crippen molar-refractivity contribution in [3.8, 4) is 0 Å². The second kappa shape index (κ2) is 7.65. The van der Waals surface area contributed by atoms with Gasteiger partial charge in [0.25, 0.3) is 5.91 Å². The van der Waals surface area contributed by atoms with E-state index >= 15 is 0 Å². The highest BCUT2D eigenvalue weighted by atomic mass is 16.3. The monoisotopic (exact) mass is 343 g/mol. The van der Waals surface area contributed by atoms with Crippen molar-refractivity contribution in [2.75, 3.05) is 25.1 Å². The van der Waals surface area contributed by atoms with Crippen LogP contribution in [-0.2, 0) is 13.0 Å². The summed E-state index contributed by atoms with van der Waals surface area (Å²) >= 11 is 0. The van der Waals surface area contributed by atoms with Crippen LogP contribution >= 0.6 is 0 Å². The largest absolute Gasteiger partial charge is 0.395 e. The van der Waals surface area contributed by atoms with Crippen LogP contribution < -0.4 is 10.2 Å². The summed E-state index contributed by atoms with van der Waals surface area (Å²) in [5.41, 5.74) is 1.63. The van der Waals surface area contributed by atoms with Gasteiger partial charge in [-0.3, -0.25) is 4.79 Å². The summed E-state index contributed by atoms with van der Waals surface area (Å²) in [7, 11) is 1.91. The number of aliphatic hydroxyl groups is 1. The quantitative estimate of drug-likeness (QED) is 0.851. The number of likely N-dealkylation sites (N-methyl/N-ethyl adjacent to an activating group) is 1. The zero-order valence-electron chi connectivity index (χ0n) is 14.8. The lowest BCUT2D eigenvalue weighted by molar-refractivity contribution is 0.0933. The maximum Gasteiger partial charge on any atom is 0.251 e. The number of benzene rings is 1. The van der Waals surface area contributed by atoms with E-state index in [0.29, 0.717) is 12.1 Å². The number of aryl methyl sites for hydroxylation is 2. The van der Waals surface area contributed by atoms with E-state index in [1.54, 1.807) is 0 Å². The van der Waals surface area contributed by atoms with Gasteiger partial charge >= 0.3 is 0 Å². The lowest BCUT2D eigenvalue weighted by Gasteiger charge is -2.19. The summed E-state index contributed by atoms with van der Waals surface area (Å²) in [5.74, 6) is 1.89. The van der Waals surface area contributed by atoms with Crippen LogP contribution in [0.1, 0.15) is 34.8 Å². The molecule has 0 fully saturated rings. The van der Waals surface area contributed by atoms with E-state index in [1.807, 2.05) is 43.1 Å². The van der Waals surface area contributed by atoms with Gasteiger partial charge in [0.15, 0.2) is 0 Å². The number of amides is 1. The fraction of sp³-hybridized carbons (Fsp3) is 0.500. The molecular formula is C18H25N5O2. The topological polar surface area (TPSA) is 83.3 Å². The number of aliphatic hydroxyl groups excluding tert-OH is 1. The number of aromatic nitrogens is 3. The fourth-order valence-electron chi connectivity index (χ4n) is 3.19. The van der Waals surface area contributed by atoms with Crippen molar-refractivity contribution in [3.05, 3.63) is 41.5 Å². The first-order chi connectivity index (χ1) is 12.1. The highest BCUT2D eigenvalue weighted by Gasteiger charge is 2.20. The third-order valence-electron chi connectivity index (χ3n) is 4.77. The Balaban J connectivity index is 1.59. The minimum absolute atomic E-state index is 0.0456. The molecule has 1 aromatic heterocycles. The van der Waals surface area contributed by atoms with Gasteiger partial charge in [0.1, 0.15) is 11.6 Å². The molecule has 1 unspecified atom stereocenters. The van der Waals surface area contributed by atoms with E-state index < -0.39 is 0 Å². The Kier molecular flexibility index (Phi) is 5.33. The number of carbonyl (C=O) groups is 1. The first kappa shape index (κ1) is 17.4. The van der Waals surface area contributed by atoms with Crippen molar-refractivity contribution in [2.45, 2.75) is 38.8 Å². The molecule has 0 saturated heterocycles. The number of nitrogens with zero attached hydrogens (tertiary/aromatic N) is 4. The van der Waals surface area contributed by atoms with Crippen LogP contribution in [0.3, 0.4) is 0 Å². The number of anilines is 1. The SMILES string of the molecule is Cc1nnc2n1CCC(NC(=O)c1ccc(N(C)CCO)cc1)CC2. The number of hydrogen-bond donors (Lipinski definition) is 2. The summed E-state index contributed by atoms with van der Waals surface area (Å²) in [6.45, 7) is 3.47. The molecule has 0 spiro atoms. The highest BCUT2D eigenvalue weighted by molar-refractivity contribution is 5.94.